The minimum atomic E-state index is 0. The maximum Gasteiger partial charge on any atom is 0.238 e. The summed E-state index contributed by atoms with van der Waals surface area (Å²) >= 11 is 0. The Bertz CT molecular complexity index is 299. The number of anilines is 1. The molecule has 3 nitrogen and oxygen atoms in total. The van der Waals surface area contributed by atoms with Crippen LogP contribution >= 0.6 is 12.4 Å². The lowest BCUT2D eigenvalue weighted by Crippen LogP contribution is -2.32. The average Bonchev–Trinajstić information content (AvgIpc) is 2.27. The van der Waals surface area contributed by atoms with Crippen LogP contribution in [0.2, 0.25) is 0 Å². The molecule has 90 valence electrons. The number of likely N-dealkylation sites (N-methyl/N-ethyl adjacent to an activating group) is 1. The molecular formula is C12H19ClN2O. The van der Waals surface area contributed by atoms with E-state index in [0.717, 1.165) is 18.8 Å². The first-order valence-electron chi connectivity index (χ1n) is 5.33. The standard InChI is InChI=1S/C12H18N2O.ClH/c1-3-14(4-2)10-12(15)13-11-8-6-5-7-9-11;/h5-9H,3-4,10H2,1-2H3,(H,13,15);1H. The maximum absolute atomic E-state index is 11.6. The van der Waals surface area contributed by atoms with Crippen LogP contribution in [0.1, 0.15) is 13.8 Å². The fraction of sp³-hybridized carbons (Fsp3) is 0.417. The Balaban J connectivity index is 0.00000225. The van der Waals surface area contributed by atoms with Crippen LogP contribution in [0.15, 0.2) is 30.3 Å². The molecule has 0 radical (unpaired) electrons. The molecule has 16 heavy (non-hydrogen) atoms. The third kappa shape index (κ3) is 5.14. The summed E-state index contributed by atoms with van der Waals surface area (Å²) in [4.78, 5) is 13.7. The minimum absolute atomic E-state index is 0. The second kappa shape index (κ2) is 8.13. The molecular weight excluding hydrogens is 224 g/mol. The van der Waals surface area contributed by atoms with Gasteiger partial charge in [-0.05, 0) is 25.2 Å². The molecule has 0 fully saturated rings. The van der Waals surface area contributed by atoms with Crippen molar-refractivity contribution in [2.45, 2.75) is 13.8 Å². The van der Waals surface area contributed by atoms with E-state index in [0.29, 0.717) is 6.54 Å². The number of nitrogens with one attached hydrogen (secondary N) is 1. The maximum atomic E-state index is 11.6. The van der Waals surface area contributed by atoms with Gasteiger partial charge in [0.15, 0.2) is 0 Å². The zero-order valence-electron chi connectivity index (χ0n) is 9.77. The van der Waals surface area contributed by atoms with Gasteiger partial charge < -0.3 is 5.32 Å². The van der Waals surface area contributed by atoms with Crippen LogP contribution in [0, 0.1) is 0 Å². The Labute approximate surface area is 103 Å². The molecule has 0 unspecified atom stereocenters. The van der Waals surface area contributed by atoms with Crippen LogP contribution in [0.3, 0.4) is 0 Å². The highest BCUT2D eigenvalue weighted by Gasteiger charge is 2.06. The second-order valence-electron chi connectivity index (χ2n) is 3.38. The molecule has 0 aliphatic heterocycles. The van der Waals surface area contributed by atoms with E-state index >= 15 is 0 Å². The minimum Gasteiger partial charge on any atom is -0.325 e. The lowest BCUT2D eigenvalue weighted by atomic mass is 10.3. The molecule has 1 aromatic rings. The number of rotatable bonds is 5. The first kappa shape index (κ1) is 14.9. The predicted octanol–water partition coefficient (Wildman–Crippen LogP) is 2.39. The topological polar surface area (TPSA) is 32.3 Å². The van der Waals surface area contributed by atoms with E-state index in [-0.39, 0.29) is 18.3 Å². The Morgan fingerprint density at radius 1 is 1.19 bits per heavy atom. The molecule has 0 saturated carbocycles. The predicted molar refractivity (Wildman–Crippen MR) is 70.1 cm³/mol. The first-order valence-corrected chi connectivity index (χ1v) is 5.33. The summed E-state index contributed by atoms with van der Waals surface area (Å²) in [5, 5.41) is 2.86. The molecule has 0 heterocycles. The molecule has 1 aromatic carbocycles. The van der Waals surface area contributed by atoms with E-state index in [4.69, 9.17) is 0 Å². The van der Waals surface area contributed by atoms with Gasteiger partial charge in [0, 0.05) is 5.69 Å². The number of para-hydroxylation sites is 1. The number of halogens is 1. The van der Waals surface area contributed by atoms with Crippen LogP contribution in [0.4, 0.5) is 5.69 Å². The molecule has 0 spiro atoms. The van der Waals surface area contributed by atoms with E-state index in [1.54, 1.807) is 0 Å². The molecule has 1 N–H and O–H groups in total. The Morgan fingerprint density at radius 2 is 1.75 bits per heavy atom. The third-order valence-electron chi connectivity index (χ3n) is 2.32. The summed E-state index contributed by atoms with van der Waals surface area (Å²) in [5.74, 6) is 0.0462. The van der Waals surface area contributed by atoms with Crippen molar-refractivity contribution in [3.63, 3.8) is 0 Å². The lowest BCUT2D eigenvalue weighted by Gasteiger charge is -2.17. The van der Waals surface area contributed by atoms with Crippen molar-refractivity contribution in [2.24, 2.45) is 0 Å². The number of amides is 1. The highest BCUT2D eigenvalue weighted by atomic mass is 35.5. The first-order chi connectivity index (χ1) is 7.26. The molecule has 0 aliphatic rings. The number of benzene rings is 1. The monoisotopic (exact) mass is 242 g/mol. The SMILES string of the molecule is CCN(CC)CC(=O)Nc1ccccc1.Cl. The summed E-state index contributed by atoms with van der Waals surface area (Å²) in [6.07, 6.45) is 0. The van der Waals surface area contributed by atoms with Gasteiger partial charge in [0.25, 0.3) is 0 Å². The molecule has 0 aliphatic carbocycles. The summed E-state index contributed by atoms with van der Waals surface area (Å²) in [7, 11) is 0. The fourth-order valence-corrected chi connectivity index (χ4v) is 1.37. The Hall–Kier alpha value is -1.06. The van der Waals surface area contributed by atoms with E-state index in [2.05, 4.69) is 24.1 Å². The van der Waals surface area contributed by atoms with Crippen molar-refractivity contribution < 1.29 is 4.79 Å². The third-order valence-corrected chi connectivity index (χ3v) is 2.32. The molecule has 0 aromatic heterocycles. The molecule has 4 heteroatoms. The van der Waals surface area contributed by atoms with Gasteiger partial charge in [0.2, 0.25) is 5.91 Å². The number of nitrogens with zero attached hydrogens (tertiary/aromatic N) is 1. The normalized spacial score (nSPS) is 9.69. The van der Waals surface area contributed by atoms with Gasteiger partial charge >= 0.3 is 0 Å². The van der Waals surface area contributed by atoms with Gasteiger partial charge in [0.05, 0.1) is 6.54 Å². The Kier molecular flexibility index (Phi) is 7.60. The molecule has 0 bridgehead atoms. The van der Waals surface area contributed by atoms with Crippen molar-refractivity contribution in [3.8, 4) is 0 Å². The van der Waals surface area contributed by atoms with Gasteiger partial charge in [-0.3, -0.25) is 9.69 Å². The van der Waals surface area contributed by atoms with Crippen LogP contribution in [0.5, 0.6) is 0 Å². The molecule has 0 atom stereocenters. The average molecular weight is 243 g/mol. The zero-order chi connectivity index (χ0) is 11.1. The zero-order valence-corrected chi connectivity index (χ0v) is 10.6. The van der Waals surface area contributed by atoms with E-state index in [1.807, 2.05) is 30.3 Å². The summed E-state index contributed by atoms with van der Waals surface area (Å²) < 4.78 is 0. The van der Waals surface area contributed by atoms with Gasteiger partial charge in [-0.1, -0.05) is 32.0 Å². The van der Waals surface area contributed by atoms with Gasteiger partial charge in [-0.2, -0.15) is 0 Å². The molecule has 1 rings (SSSR count). The molecule has 0 saturated heterocycles. The number of carbonyl (C=O) groups is 1. The summed E-state index contributed by atoms with van der Waals surface area (Å²) in [5.41, 5.74) is 0.856. The quantitative estimate of drug-likeness (QED) is 0.860. The largest absolute Gasteiger partial charge is 0.325 e. The lowest BCUT2D eigenvalue weighted by molar-refractivity contribution is -0.117. The summed E-state index contributed by atoms with van der Waals surface area (Å²) in [6, 6.07) is 9.53. The van der Waals surface area contributed by atoms with Gasteiger partial charge in [-0.15, -0.1) is 12.4 Å². The highest BCUT2D eigenvalue weighted by Crippen LogP contribution is 2.04. The van der Waals surface area contributed by atoms with Gasteiger partial charge in [-0.25, -0.2) is 0 Å². The van der Waals surface area contributed by atoms with E-state index in [9.17, 15) is 4.79 Å². The molecule has 1 amide bonds. The van der Waals surface area contributed by atoms with E-state index in [1.165, 1.54) is 0 Å². The van der Waals surface area contributed by atoms with Crippen molar-refractivity contribution >= 4 is 24.0 Å². The second-order valence-corrected chi connectivity index (χ2v) is 3.38. The Morgan fingerprint density at radius 3 is 2.25 bits per heavy atom. The van der Waals surface area contributed by atoms with Crippen LogP contribution < -0.4 is 5.32 Å². The van der Waals surface area contributed by atoms with Crippen LogP contribution in [-0.2, 0) is 4.79 Å². The fourth-order valence-electron chi connectivity index (χ4n) is 1.37. The smallest absolute Gasteiger partial charge is 0.238 e. The number of carbonyl (C=O) groups excluding carboxylic acids is 1. The van der Waals surface area contributed by atoms with Crippen molar-refractivity contribution in [1.29, 1.82) is 0 Å². The van der Waals surface area contributed by atoms with Crippen LogP contribution in [-0.4, -0.2) is 30.4 Å². The van der Waals surface area contributed by atoms with Crippen molar-refractivity contribution in [3.05, 3.63) is 30.3 Å². The number of hydrogen-bond donors (Lipinski definition) is 1. The summed E-state index contributed by atoms with van der Waals surface area (Å²) in [6.45, 7) is 6.37. The van der Waals surface area contributed by atoms with Gasteiger partial charge in [0.1, 0.15) is 0 Å². The van der Waals surface area contributed by atoms with Crippen molar-refractivity contribution in [2.75, 3.05) is 25.0 Å². The van der Waals surface area contributed by atoms with Crippen molar-refractivity contribution in [1.82, 2.24) is 4.90 Å². The van der Waals surface area contributed by atoms with Crippen LogP contribution in [0.25, 0.3) is 0 Å². The number of hydrogen-bond acceptors (Lipinski definition) is 2. The van der Waals surface area contributed by atoms with E-state index < -0.39 is 0 Å². The highest BCUT2D eigenvalue weighted by molar-refractivity contribution is 5.92.